The van der Waals surface area contributed by atoms with Gasteiger partial charge in [-0.25, -0.2) is 9.59 Å². The zero-order chi connectivity index (χ0) is 23.8. The lowest BCUT2D eigenvalue weighted by Gasteiger charge is -2.10. The predicted octanol–water partition coefficient (Wildman–Crippen LogP) is 6.79. The molecule has 0 aromatic heterocycles. The first-order valence-electron chi connectivity index (χ1n) is 10.8. The summed E-state index contributed by atoms with van der Waals surface area (Å²) < 4.78 is 11.2. The van der Waals surface area contributed by atoms with Crippen molar-refractivity contribution in [1.82, 2.24) is 0 Å². The third kappa shape index (κ3) is 6.46. The molecule has 0 atom stereocenters. The number of ether oxygens (including phenoxy) is 2. The van der Waals surface area contributed by atoms with E-state index >= 15 is 0 Å². The monoisotopic (exact) mass is 452 g/mol. The fraction of sp³-hybridized carbons (Fsp3) is 0.0714. The Labute approximate surface area is 198 Å². The van der Waals surface area contributed by atoms with Gasteiger partial charge in [0.15, 0.2) is 0 Å². The molecule has 4 rings (SSSR count). The first kappa shape index (κ1) is 22.6. The van der Waals surface area contributed by atoms with Gasteiger partial charge in [0.2, 0.25) is 0 Å². The number of aryl methyl sites for hydroxylation is 1. The Hall–Kier alpha value is -4.58. The molecule has 0 bridgehead atoms. The largest absolute Gasteiger partial charge is 0.457 e. The summed E-state index contributed by atoms with van der Waals surface area (Å²) in [5.41, 5.74) is 3.85. The Kier molecular flexibility index (Phi) is 7.20. The van der Waals surface area contributed by atoms with Crippen molar-refractivity contribution in [1.29, 1.82) is 0 Å². The number of nitrogens with one attached hydrogen (secondary N) is 2. The summed E-state index contributed by atoms with van der Waals surface area (Å²) in [6.07, 6.45) is 0. The van der Waals surface area contributed by atoms with Crippen molar-refractivity contribution in [3.8, 4) is 11.5 Å². The van der Waals surface area contributed by atoms with Gasteiger partial charge >= 0.3 is 12.0 Å². The van der Waals surface area contributed by atoms with Gasteiger partial charge < -0.3 is 20.1 Å². The van der Waals surface area contributed by atoms with Gasteiger partial charge in [-0.1, -0.05) is 48.0 Å². The molecule has 4 aromatic carbocycles. The fourth-order valence-corrected chi connectivity index (χ4v) is 3.14. The van der Waals surface area contributed by atoms with Gasteiger partial charge in [0.1, 0.15) is 18.1 Å². The van der Waals surface area contributed by atoms with Crippen LogP contribution >= 0.6 is 0 Å². The van der Waals surface area contributed by atoms with E-state index in [9.17, 15) is 9.59 Å². The maximum Gasteiger partial charge on any atom is 0.338 e. The number of hydrogen-bond donors (Lipinski definition) is 2. The van der Waals surface area contributed by atoms with Crippen LogP contribution in [0.2, 0.25) is 0 Å². The van der Waals surface area contributed by atoms with E-state index < -0.39 is 5.97 Å². The lowest BCUT2D eigenvalue weighted by atomic mass is 10.2. The third-order valence-electron chi connectivity index (χ3n) is 4.96. The SMILES string of the molecule is Cc1ccc(NC(=O)Nc2ccc(Oc3ccc(C(=O)OCc4ccccc4)cc3)cc2)cc1. The van der Waals surface area contributed by atoms with Crippen LogP contribution in [0.1, 0.15) is 21.5 Å². The second kappa shape index (κ2) is 10.8. The first-order chi connectivity index (χ1) is 16.5. The standard InChI is InChI=1S/C28H24N2O4/c1-20-7-11-23(12-8-20)29-28(32)30-24-13-17-26(18-14-24)34-25-15-9-22(10-16-25)27(31)33-19-21-5-3-2-4-6-21/h2-18H,19H2,1H3,(H2,29,30,32). The molecule has 6 heteroatoms. The summed E-state index contributed by atoms with van der Waals surface area (Å²) >= 11 is 0. The Morgan fingerprint density at radius 1 is 0.676 bits per heavy atom. The molecular formula is C28H24N2O4. The maximum absolute atomic E-state index is 12.2. The van der Waals surface area contributed by atoms with Gasteiger partial charge in [-0.2, -0.15) is 0 Å². The Morgan fingerprint density at radius 2 is 1.21 bits per heavy atom. The number of rotatable bonds is 7. The molecule has 6 nitrogen and oxygen atoms in total. The molecule has 0 spiro atoms. The quantitative estimate of drug-likeness (QED) is 0.303. The predicted molar refractivity (Wildman–Crippen MR) is 132 cm³/mol. The highest BCUT2D eigenvalue weighted by atomic mass is 16.5. The van der Waals surface area contributed by atoms with Crippen LogP contribution in [0.3, 0.4) is 0 Å². The number of carbonyl (C=O) groups excluding carboxylic acids is 2. The van der Waals surface area contributed by atoms with Crippen LogP contribution in [0.25, 0.3) is 0 Å². The summed E-state index contributed by atoms with van der Waals surface area (Å²) in [6.45, 7) is 2.21. The van der Waals surface area contributed by atoms with Crippen molar-refractivity contribution in [2.75, 3.05) is 10.6 Å². The molecule has 2 amide bonds. The summed E-state index contributed by atoms with van der Waals surface area (Å²) in [7, 11) is 0. The summed E-state index contributed by atoms with van der Waals surface area (Å²) in [5, 5.41) is 5.57. The van der Waals surface area contributed by atoms with Crippen molar-refractivity contribution in [3.63, 3.8) is 0 Å². The average Bonchev–Trinajstić information content (AvgIpc) is 2.86. The topological polar surface area (TPSA) is 76.7 Å². The van der Waals surface area contributed by atoms with E-state index in [1.807, 2.05) is 61.5 Å². The van der Waals surface area contributed by atoms with Gasteiger partial charge in [0.25, 0.3) is 0 Å². The van der Waals surface area contributed by atoms with Crippen molar-refractivity contribution in [2.45, 2.75) is 13.5 Å². The molecule has 0 aliphatic carbocycles. The Balaban J connectivity index is 1.27. The molecule has 0 aliphatic rings. The summed E-state index contributed by atoms with van der Waals surface area (Å²) in [4.78, 5) is 24.4. The van der Waals surface area contributed by atoms with E-state index in [0.717, 1.165) is 16.8 Å². The molecule has 0 radical (unpaired) electrons. The second-order valence-electron chi connectivity index (χ2n) is 7.66. The van der Waals surface area contributed by atoms with Gasteiger partial charge in [-0.15, -0.1) is 0 Å². The van der Waals surface area contributed by atoms with Gasteiger partial charge in [-0.05, 0) is 73.2 Å². The number of esters is 1. The number of amides is 2. The Bertz CT molecular complexity index is 1240. The summed E-state index contributed by atoms with van der Waals surface area (Å²) in [6, 6.07) is 30.5. The minimum absolute atomic E-state index is 0.224. The molecule has 34 heavy (non-hydrogen) atoms. The molecule has 0 aliphatic heterocycles. The van der Waals surface area contributed by atoms with Crippen molar-refractivity contribution < 1.29 is 19.1 Å². The van der Waals surface area contributed by atoms with E-state index in [2.05, 4.69) is 10.6 Å². The highest BCUT2D eigenvalue weighted by molar-refractivity contribution is 5.99. The van der Waals surface area contributed by atoms with Crippen LogP contribution in [0.15, 0.2) is 103 Å². The van der Waals surface area contributed by atoms with E-state index in [4.69, 9.17) is 9.47 Å². The van der Waals surface area contributed by atoms with Crippen LogP contribution < -0.4 is 15.4 Å². The molecule has 4 aromatic rings. The van der Waals surface area contributed by atoms with Crippen LogP contribution in [0.5, 0.6) is 11.5 Å². The number of urea groups is 1. The van der Waals surface area contributed by atoms with E-state index in [0.29, 0.717) is 22.7 Å². The number of benzene rings is 4. The normalized spacial score (nSPS) is 10.3. The number of anilines is 2. The molecule has 0 saturated carbocycles. The molecule has 0 unspecified atom stereocenters. The molecule has 2 N–H and O–H groups in total. The lowest BCUT2D eigenvalue weighted by Crippen LogP contribution is -2.19. The second-order valence-corrected chi connectivity index (χ2v) is 7.66. The summed E-state index contributed by atoms with van der Waals surface area (Å²) in [5.74, 6) is 0.788. The van der Waals surface area contributed by atoms with Gasteiger partial charge in [0, 0.05) is 11.4 Å². The smallest absolute Gasteiger partial charge is 0.338 e. The number of hydrogen-bond acceptors (Lipinski definition) is 4. The molecule has 0 saturated heterocycles. The van der Waals surface area contributed by atoms with Crippen LogP contribution in [-0.2, 0) is 11.3 Å². The van der Waals surface area contributed by atoms with Crippen LogP contribution in [-0.4, -0.2) is 12.0 Å². The highest BCUT2D eigenvalue weighted by Crippen LogP contribution is 2.24. The van der Waals surface area contributed by atoms with Crippen molar-refractivity contribution >= 4 is 23.4 Å². The maximum atomic E-state index is 12.2. The zero-order valence-corrected chi connectivity index (χ0v) is 18.7. The third-order valence-corrected chi connectivity index (χ3v) is 4.96. The van der Waals surface area contributed by atoms with Crippen molar-refractivity contribution in [2.24, 2.45) is 0 Å². The Morgan fingerprint density at radius 3 is 1.79 bits per heavy atom. The van der Waals surface area contributed by atoms with E-state index in [1.165, 1.54) is 0 Å². The van der Waals surface area contributed by atoms with E-state index in [-0.39, 0.29) is 12.6 Å². The lowest BCUT2D eigenvalue weighted by molar-refractivity contribution is 0.0472. The molecule has 0 heterocycles. The fourth-order valence-electron chi connectivity index (χ4n) is 3.14. The van der Waals surface area contributed by atoms with Crippen LogP contribution in [0, 0.1) is 6.92 Å². The average molecular weight is 453 g/mol. The molecular weight excluding hydrogens is 428 g/mol. The van der Waals surface area contributed by atoms with Crippen molar-refractivity contribution in [3.05, 3.63) is 120 Å². The molecule has 0 fully saturated rings. The van der Waals surface area contributed by atoms with Gasteiger partial charge in [0.05, 0.1) is 5.56 Å². The van der Waals surface area contributed by atoms with E-state index in [1.54, 1.807) is 48.5 Å². The van der Waals surface area contributed by atoms with Gasteiger partial charge in [-0.3, -0.25) is 0 Å². The number of carbonyl (C=O) groups is 2. The zero-order valence-electron chi connectivity index (χ0n) is 18.7. The minimum Gasteiger partial charge on any atom is -0.457 e. The minimum atomic E-state index is -0.394. The first-order valence-corrected chi connectivity index (χ1v) is 10.8. The molecule has 170 valence electrons. The highest BCUT2D eigenvalue weighted by Gasteiger charge is 2.08. The van der Waals surface area contributed by atoms with Crippen LogP contribution in [0.4, 0.5) is 16.2 Å².